The van der Waals surface area contributed by atoms with Crippen molar-refractivity contribution in [2.24, 2.45) is 0 Å². The van der Waals surface area contributed by atoms with E-state index in [2.05, 4.69) is 20.2 Å². The van der Waals surface area contributed by atoms with Gasteiger partial charge in [0, 0.05) is 5.69 Å². The van der Waals surface area contributed by atoms with E-state index < -0.39 is 0 Å². The molecule has 0 aromatic carbocycles. The summed E-state index contributed by atoms with van der Waals surface area (Å²) in [6.07, 6.45) is 0. The number of nitrogen functional groups attached to an aromatic ring is 1. The van der Waals surface area contributed by atoms with Crippen LogP contribution in [0.25, 0.3) is 11.0 Å². The highest BCUT2D eigenvalue weighted by Gasteiger charge is 2.11. The molecule has 0 saturated heterocycles. The summed E-state index contributed by atoms with van der Waals surface area (Å²) in [7, 11) is 1.54. The molecule has 0 atom stereocenters. The third-order valence-electron chi connectivity index (χ3n) is 1.77. The highest BCUT2D eigenvalue weighted by molar-refractivity contribution is 5.83. The summed E-state index contributed by atoms with van der Waals surface area (Å²) in [5.74, 6) is 0.615. The van der Waals surface area contributed by atoms with Gasteiger partial charge >= 0.3 is 0 Å². The number of aromatic nitrogens is 4. The van der Waals surface area contributed by atoms with Gasteiger partial charge in [0.1, 0.15) is 5.39 Å². The number of rotatable bonds is 1. The average Bonchev–Trinajstić information content (AvgIpc) is 2.46. The number of nitrogens with one attached hydrogen (secondary N) is 1. The lowest BCUT2D eigenvalue weighted by atomic mass is 10.3. The van der Waals surface area contributed by atoms with E-state index in [4.69, 9.17) is 10.5 Å². The normalized spacial score (nSPS) is 10.6. The molecular formula is C7H9N5O. The number of hydrogen-bond acceptors (Lipinski definition) is 5. The number of hydrogen-bond donors (Lipinski definition) is 2. The summed E-state index contributed by atoms with van der Waals surface area (Å²) in [5, 5.41) is 7.52. The van der Waals surface area contributed by atoms with E-state index in [1.54, 1.807) is 0 Å². The van der Waals surface area contributed by atoms with E-state index in [9.17, 15) is 0 Å². The van der Waals surface area contributed by atoms with E-state index in [0.29, 0.717) is 11.5 Å². The number of aryl methyl sites for hydroxylation is 1. The van der Waals surface area contributed by atoms with E-state index >= 15 is 0 Å². The van der Waals surface area contributed by atoms with E-state index in [-0.39, 0.29) is 5.95 Å². The highest BCUT2D eigenvalue weighted by atomic mass is 16.5. The minimum atomic E-state index is 0.163. The molecule has 2 aromatic rings. The monoisotopic (exact) mass is 179 g/mol. The molecule has 6 nitrogen and oxygen atoms in total. The molecule has 3 N–H and O–H groups in total. The molecule has 0 aliphatic carbocycles. The number of fused-ring (bicyclic) bond motifs is 1. The molecule has 2 heterocycles. The molecular weight excluding hydrogens is 170 g/mol. The molecule has 0 spiro atoms. The van der Waals surface area contributed by atoms with Gasteiger partial charge in [0.25, 0.3) is 0 Å². The van der Waals surface area contributed by atoms with Crippen LogP contribution in [0, 0.1) is 6.92 Å². The molecule has 2 aromatic heterocycles. The van der Waals surface area contributed by atoms with Crippen molar-refractivity contribution in [1.82, 2.24) is 20.2 Å². The van der Waals surface area contributed by atoms with Crippen LogP contribution in [0.5, 0.6) is 5.88 Å². The number of methoxy groups -OCH3 is 1. The Morgan fingerprint density at radius 2 is 2.15 bits per heavy atom. The zero-order chi connectivity index (χ0) is 9.42. The topological polar surface area (TPSA) is 89.7 Å². The van der Waals surface area contributed by atoms with Gasteiger partial charge in [0.05, 0.1) is 7.11 Å². The minimum Gasteiger partial charge on any atom is -0.480 e. The lowest BCUT2D eigenvalue weighted by molar-refractivity contribution is 0.403. The van der Waals surface area contributed by atoms with Crippen LogP contribution in [-0.2, 0) is 0 Å². The van der Waals surface area contributed by atoms with Crippen LogP contribution in [0.4, 0.5) is 5.95 Å². The van der Waals surface area contributed by atoms with Crippen molar-refractivity contribution in [3.8, 4) is 5.88 Å². The fraction of sp³-hybridized carbons (Fsp3) is 0.286. The number of H-pyrrole nitrogens is 1. The zero-order valence-electron chi connectivity index (χ0n) is 7.33. The lowest BCUT2D eigenvalue weighted by Crippen LogP contribution is -1.98. The molecule has 0 amide bonds. The smallest absolute Gasteiger partial charge is 0.229 e. The minimum absolute atomic E-state index is 0.163. The van der Waals surface area contributed by atoms with Crippen LogP contribution >= 0.6 is 0 Å². The SMILES string of the molecule is COc1nc(N)nc2n[nH]c(C)c12. The van der Waals surface area contributed by atoms with E-state index in [1.165, 1.54) is 7.11 Å². The largest absolute Gasteiger partial charge is 0.480 e. The molecule has 0 aliphatic heterocycles. The number of aromatic amines is 1. The Labute approximate surface area is 74.1 Å². The Bertz CT molecular complexity index is 449. The molecule has 0 aliphatic rings. The maximum absolute atomic E-state index is 5.45. The van der Waals surface area contributed by atoms with Gasteiger partial charge in [0.15, 0.2) is 5.65 Å². The third-order valence-corrected chi connectivity index (χ3v) is 1.77. The predicted octanol–water partition coefficient (Wildman–Crippen LogP) is 0.252. The Morgan fingerprint density at radius 1 is 1.38 bits per heavy atom. The second-order valence-electron chi connectivity index (χ2n) is 2.64. The Hall–Kier alpha value is -1.85. The second-order valence-corrected chi connectivity index (χ2v) is 2.64. The molecule has 2 rings (SSSR count). The Kier molecular flexibility index (Phi) is 1.54. The van der Waals surface area contributed by atoms with Crippen LogP contribution < -0.4 is 10.5 Å². The number of anilines is 1. The summed E-state index contributed by atoms with van der Waals surface area (Å²) in [4.78, 5) is 7.89. The molecule has 68 valence electrons. The summed E-state index contributed by atoms with van der Waals surface area (Å²) in [5.41, 5.74) is 6.85. The first-order valence-electron chi connectivity index (χ1n) is 3.74. The number of nitrogens with two attached hydrogens (primary N) is 1. The van der Waals surface area contributed by atoms with Gasteiger partial charge in [0.2, 0.25) is 11.8 Å². The van der Waals surface area contributed by atoms with Crippen molar-refractivity contribution in [2.45, 2.75) is 6.92 Å². The summed E-state index contributed by atoms with van der Waals surface area (Å²) >= 11 is 0. The number of ether oxygens (including phenoxy) is 1. The van der Waals surface area contributed by atoms with Crippen molar-refractivity contribution in [3.05, 3.63) is 5.69 Å². The molecule has 0 radical (unpaired) electrons. The van der Waals surface area contributed by atoms with Crippen LogP contribution in [-0.4, -0.2) is 27.3 Å². The van der Waals surface area contributed by atoms with Gasteiger partial charge in [-0.2, -0.15) is 15.1 Å². The molecule has 0 bridgehead atoms. The third kappa shape index (κ3) is 1.07. The van der Waals surface area contributed by atoms with Crippen molar-refractivity contribution < 1.29 is 4.74 Å². The highest BCUT2D eigenvalue weighted by Crippen LogP contribution is 2.23. The second kappa shape index (κ2) is 2.58. The van der Waals surface area contributed by atoms with Gasteiger partial charge in [-0.15, -0.1) is 0 Å². The Morgan fingerprint density at radius 3 is 2.85 bits per heavy atom. The van der Waals surface area contributed by atoms with Crippen molar-refractivity contribution in [1.29, 1.82) is 0 Å². The first-order valence-corrected chi connectivity index (χ1v) is 3.74. The van der Waals surface area contributed by atoms with Gasteiger partial charge in [-0.1, -0.05) is 0 Å². The zero-order valence-corrected chi connectivity index (χ0v) is 7.33. The van der Waals surface area contributed by atoms with Gasteiger partial charge in [-0.25, -0.2) is 0 Å². The first-order chi connectivity index (χ1) is 6.22. The average molecular weight is 179 g/mol. The number of nitrogens with zero attached hydrogens (tertiary/aromatic N) is 3. The van der Waals surface area contributed by atoms with Crippen molar-refractivity contribution in [3.63, 3.8) is 0 Å². The molecule has 6 heteroatoms. The van der Waals surface area contributed by atoms with Crippen LogP contribution in [0.2, 0.25) is 0 Å². The molecule has 0 saturated carbocycles. The quantitative estimate of drug-likeness (QED) is 0.655. The summed E-state index contributed by atoms with van der Waals surface area (Å²) < 4.78 is 5.06. The predicted molar refractivity (Wildman–Crippen MR) is 47.4 cm³/mol. The van der Waals surface area contributed by atoms with E-state index in [1.807, 2.05) is 6.92 Å². The fourth-order valence-electron chi connectivity index (χ4n) is 1.19. The van der Waals surface area contributed by atoms with Crippen LogP contribution in [0.3, 0.4) is 0 Å². The summed E-state index contributed by atoms with van der Waals surface area (Å²) in [6, 6.07) is 0. The molecule has 0 unspecified atom stereocenters. The van der Waals surface area contributed by atoms with Crippen LogP contribution in [0.15, 0.2) is 0 Å². The maximum atomic E-state index is 5.45. The molecule has 13 heavy (non-hydrogen) atoms. The van der Waals surface area contributed by atoms with Crippen molar-refractivity contribution in [2.75, 3.05) is 12.8 Å². The van der Waals surface area contributed by atoms with Crippen molar-refractivity contribution >= 4 is 17.0 Å². The van der Waals surface area contributed by atoms with Crippen LogP contribution in [0.1, 0.15) is 5.69 Å². The van der Waals surface area contributed by atoms with E-state index in [0.717, 1.165) is 11.1 Å². The standard InChI is InChI=1S/C7H9N5O/c1-3-4-5(12-11-3)9-7(8)10-6(4)13-2/h1-2H3,(H3,8,9,10,11,12). The first kappa shape index (κ1) is 7.78. The fourth-order valence-corrected chi connectivity index (χ4v) is 1.19. The van der Waals surface area contributed by atoms with Gasteiger partial charge in [-0.3, -0.25) is 5.10 Å². The molecule has 0 fully saturated rings. The van der Waals surface area contributed by atoms with Gasteiger partial charge in [-0.05, 0) is 6.92 Å². The Balaban J connectivity index is 2.85. The lowest BCUT2D eigenvalue weighted by Gasteiger charge is -2.00. The van der Waals surface area contributed by atoms with Gasteiger partial charge < -0.3 is 10.5 Å². The summed E-state index contributed by atoms with van der Waals surface area (Å²) in [6.45, 7) is 1.87. The maximum Gasteiger partial charge on any atom is 0.229 e.